The number of nitrogens with zero attached hydrogens (tertiary/aromatic N) is 1. The number of aliphatic hydroxyl groups excluding tert-OH is 1. The molecule has 0 saturated carbocycles. The first-order valence-electron chi connectivity index (χ1n) is 4.62. The van der Waals surface area contributed by atoms with E-state index in [1.807, 2.05) is 5.32 Å². The quantitative estimate of drug-likeness (QED) is 0.705. The van der Waals surface area contributed by atoms with E-state index >= 15 is 0 Å². The lowest BCUT2D eigenvalue weighted by Gasteiger charge is -2.17. The van der Waals surface area contributed by atoms with Crippen molar-refractivity contribution < 1.29 is 19.1 Å². The molecule has 5 nitrogen and oxygen atoms in total. The average Bonchev–Trinajstić information content (AvgIpc) is 2.45. The first-order chi connectivity index (χ1) is 7.58. The molecule has 1 unspecified atom stereocenters. The highest BCUT2D eigenvalue weighted by molar-refractivity contribution is 6.03. The van der Waals surface area contributed by atoms with Crippen LogP contribution in [-0.2, 0) is 11.3 Å². The monoisotopic (exact) mass is 224 g/mol. The maximum absolute atomic E-state index is 12.9. The van der Waals surface area contributed by atoms with Gasteiger partial charge in [-0.25, -0.2) is 9.18 Å². The van der Waals surface area contributed by atoms with Gasteiger partial charge in [-0.15, -0.1) is 0 Å². The first kappa shape index (κ1) is 10.6. The molecule has 16 heavy (non-hydrogen) atoms. The van der Waals surface area contributed by atoms with Gasteiger partial charge in [0.2, 0.25) is 6.23 Å². The lowest BCUT2D eigenvalue weighted by molar-refractivity contribution is -0.130. The Bertz CT molecular complexity index is 449. The average molecular weight is 224 g/mol. The molecule has 0 radical (unpaired) electrons. The third kappa shape index (κ3) is 1.87. The molecule has 0 aliphatic carbocycles. The van der Waals surface area contributed by atoms with Crippen molar-refractivity contribution in [3.8, 4) is 0 Å². The van der Waals surface area contributed by atoms with Gasteiger partial charge in [0, 0.05) is 0 Å². The Labute approximate surface area is 90.5 Å². The topological polar surface area (TPSA) is 69.6 Å². The first-order valence-corrected chi connectivity index (χ1v) is 4.62. The van der Waals surface area contributed by atoms with Crippen LogP contribution in [0.1, 0.15) is 5.56 Å². The summed E-state index contributed by atoms with van der Waals surface area (Å²) in [6.07, 6.45) is -1.50. The number of nitrogens with one attached hydrogen (secondary N) is 1. The molecule has 1 fully saturated rings. The summed E-state index contributed by atoms with van der Waals surface area (Å²) in [5.74, 6) is -1.20. The van der Waals surface area contributed by atoms with Crippen molar-refractivity contribution in [2.24, 2.45) is 0 Å². The fourth-order valence-corrected chi connectivity index (χ4v) is 1.48. The minimum absolute atomic E-state index is 0.0174. The van der Waals surface area contributed by atoms with Gasteiger partial charge in [-0.3, -0.25) is 15.0 Å². The molecular weight excluding hydrogens is 215 g/mol. The molecule has 0 bridgehead atoms. The third-order valence-corrected chi connectivity index (χ3v) is 2.26. The second kappa shape index (κ2) is 3.90. The SMILES string of the molecule is O=C1NC(=O)N(Cc2cccc(F)c2)C1O. The van der Waals surface area contributed by atoms with E-state index in [1.54, 1.807) is 6.07 Å². The summed E-state index contributed by atoms with van der Waals surface area (Å²) in [7, 11) is 0. The molecule has 1 aromatic rings. The van der Waals surface area contributed by atoms with E-state index in [-0.39, 0.29) is 6.54 Å². The van der Waals surface area contributed by atoms with Crippen LogP contribution < -0.4 is 5.32 Å². The van der Waals surface area contributed by atoms with Crippen LogP contribution >= 0.6 is 0 Å². The molecule has 2 rings (SSSR count). The van der Waals surface area contributed by atoms with Gasteiger partial charge < -0.3 is 5.11 Å². The molecular formula is C10H9FN2O3. The zero-order valence-electron chi connectivity index (χ0n) is 8.18. The van der Waals surface area contributed by atoms with Gasteiger partial charge in [0.25, 0.3) is 5.91 Å². The largest absolute Gasteiger partial charge is 0.365 e. The number of amides is 3. The highest BCUT2D eigenvalue weighted by Crippen LogP contribution is 2.12. The van der Waals surface area contributed by atoms with Crippen LogP contribution in [0, 0.1) is 5.82 Å². The van der Waals surface area contributed by atoms with Gasteiger partial charge in [-0.1, -0.05) is 12.1 Å². The molecule has 84 valence electrons. The van der Waals surface area contributed by atoms with Crippen molar-refractivity contribution in [2.75, 3.05) is 0 Å². The van der Waals surface area contributed by atoms with Crippen LogP contribution in [-0.4, -0.2) is 28.2 Å². The number of carbonyl (C=O) groups excluding carboxylic acids is 2. The van der Waals surface area contributed by atoms with E-state index in [1.165, 1.54) is 18.2 Å². The van der Waals surface area contributed by atoms with Crippen LogP contribution in [0.3, 0.4) is 0 Å². The summed E-state index contributed by atoms with van der Waals surface area (Å²) in [5, 5.41) is 11.3. The van der Waals surface area contributed by atoms with Crippen LogP contribution in [0.4, 0.5) is 9.18 Å². The lowest BCUT2D eigenvalue weighted by atomic mass is 10.2. The lowest BCUT2D eigenvalue weighted by Crippen LogP contribution is -2.34. The number of hydrogen-bond donors (Lipinski definition) is 2. The van der Waals surface area contributed by atoms with Crippen LogP contribution in [0.15, 0.2) is 24.3 Å². The normalized spacial score (nSPS) is 20.1. The minimum atomic E-state index is -1.50. The zero-order valence-corrected chi connectivity index (χ0v) is 8.18. The van der Waals surface area contributed by atoms with E-state index in [0.717, 1.165) is 4.90 Å². The molecule has 0 aromatic heterocycles. The fourth-order valence-electron chi connectivity index (χ4n) is 1.48. The van der Waals surface area contributed by atoms with Crippen LogP contribution in [0.5, 0.6) is 0 Å². The van der Waals surface area contributed by atoms with Crippen molar-refractivity contribution >= 4 is 11.9 Å². The molecule has 1 saturated heterocycles. The zero-order chi connectivity index (χ0) is 11.7. The van der Waals surface area contributed by atoms with E-state index in [9.17, 15) is 19.1 Å². The summed E-state index contributed by atoms with van der Waals surface area (Å²) in [6.45, 7) is -0.0174. The standard InChI is InChI=1S/C10H9FN2O3/c11-7-3-1-2-6(4-7)5-13-9(15)8(14)12-10(13)16/h1-4,9,15H,5H2,(H,12,14,16). The molecule has 2 N–H and O–H groups in total. The highest BCUT2D eigenvalue weighted by Gasteiger charge is 2.36. The summed E-state index contributed by atoms with van der Waals surface area (Å²) in [4.78, 5) is 23.1. The van der Waals surface area contributed by atoms with Crippen molar-refractivity contribution in [3.63, 3.8) is 0 Å². The Balaban J connectivity index is 2.16. The minimum Gasteiger partial charge on any atom is -0.365 e. The molecule has 1 atom stereocenters. The molecule has 1 heterocycles. The predicted octanol–water partition coefficient (Wildman–Crippen LogP) is 0.196. The summed E-state index contributed by atoms with van der Waals surface area (Å²) in [5.41, 5.74) is 0.504. The van der Waals surface area contributed by atoms with Crippen molar-refractivity contribution in [3.05, 3.63) is 35.6 Å². The third-order valence-electron chi connectivity index (χ3n) is 2.26. The van der Waals surface area contributed by atoms with Crippen LogP contribution in [0.25, 0.3) is 0 Å². The van der Waals surface area contributed by atoms with Gasteiger partial charge in [-0.2, -0.15) is 0 Å². The summed E-state index contributed by atoms with van der Waals surface area (Å²) < 4.78 is 12.9. The van der Waals surface area contributed by atoms with Gasteiger partial charge in [-0.05, 0) is 17.7 Å². The van der Waals surface area contributed by atoms with Gasteiger partial charge >= 0.3 is 6.03 Å². The number of imide groups is 1. The number of halogens is 1. The summed E-state index contributed by atoms with van der Waals surface area (Å²) >= 11 is 0. The Morgan fingerprint density at radius 3 is 2.75 bits per heavy atom. The Kier molecular flexibility index (Phi) is 2.57. The van der Waals surface area contributed by atoms with E-state index in [2.05, 4.69) is 0 Å². The smallest absolute Gasteiger partial charge is 0.326 e. The molecule has 1 aliphatic rings. The maximum atomic E-state index is 12.9. The number of rotatable bonds is 2. The highest BCUT2D eigenvalue weighted by atomic mass is 19.1. The number of hydrogen-bond acceptors (Lipinski definition) is 3. The van der Waals surface area contributed by atoms with E-state index in [0.29, 0.717) is 5.56 Å². The fraction of sp³-hybridized carbons (Fsp3) is 0.200. The Morgan fingerprint density at radius 2 is 2.19 bits per heavy atom. The van der Waals surface area contributed by atoms with E-state index in [4.69, 9.17) is 0 Å². The number of aliphatic hydroxyl groups is 1. The second-order valence-electron chi connectivity index (χ2n) is 3.43. The number of benzene rings is 1. The maximum Gasteiger partial charge on any atom is 0.326 e. The predicted molar refractivity (Wildman–Crippen MR) is 51.5 cm³/mol. The van der Waals surface area contributed by atoms with Crippen molar-refractivity contribution in [1.29, 1.82) is 0 Å². The van der Waals surface area contributed by atoms with Gasteiger partial charge in [0.15, 0.2) is 0 Å². The Hall–Kier alpha value is -1.95. The summed E-state index contributed by atoms with van der Waals surface area (Å²) in [6, 6.07) is 4.93. The number of carbonyl (C=O) groups is 2. The molecule has 0 spiro atoms. The molecule has 6 heteroatoms. The Morgan fingerprint density at radius 1 is 1.44 bits per heavy atom. The molecule has 3 amide bonds. The van der Waals surface area contributed by atoms with Gasteiger partial charge in [0.1, 0.15) is 5.82 Å². The number of urea groups is 1. The van der Waals surface area contributed by atoms with E-state index < -0.39 is 24.0 Å². The molecule has 1 aromatic carbocycles. The molecule has 1 aliphatic heterocycles. The second-order valence-corrected chi connectivity index (χ2v) is 3.43. The van der Waals surface area contributed by atoms with Crippen molar-refractivity contribution in [2.45, 2.75) is 12.8 Å². The van der Waals surface area contributed by atoms with Gasteiger partial charge in [0.05, 0.1) is 6.54 Å². The van der Waals surface area contributed by atoms with Crippen LogP contribution in [0.2, 0.25) is 0 Å². The van der Waals surface area contributed by atoms with Crippen molar-refractivity contribution in [1.82, 2.24) is 10.2 Å².